The minimum atomic E-state index is -0.952. The lowest BCUT2D eigenvalue weighted by Gasteiger charge is -2.17. The molecule has 1 aliphatic carbocycles. The average Bonchev–Trinajstić information content (AvgIpc) is 2.38. The van der Waals surface area contributed by atoms with Crippen molar-refractivity contribution in [3.8, 4) is 0 Å². The second-order valence-corrected chi connectivity index (χ2v) is 4.61. The topological polar surface area (TPSA) is 54.4 Å². The SMILES string of the molecule is Cc1ccccc1C(=O)C1=C(C(=O)O)CCCC1. The second-order valence-electron chi connectivity index (χ2n) is 4.61. The molecule has 1 aromatic rings. The van der Waals surface area contributed by atoms with E-state index in [-0.39, 0.29) is 5.78 Å². The molecule has 0 amide bonds. The third-order valence-corrected chi connectivity index (χ3v) is 3.39. The Morgan fingerprint density at radius 1 is 1.06 bits per heavy atom. The first-order valence-corrected chi connectivity index (χ1v) is 6.17. The van der Waals surface area contributed by atoms with Crippen LogP contribution in [-0.4, -0.2) is 16.9 Å². The largest absolute Gasteiger partial charge is 0.478 e. The van der Waals surface area contributed by atoms with Crippen molar-refractivity contribution in [2.75, 3.05) is 0 Å². The average molecular weight is 244 g/mol. The molecular weight excluding hydrogens is 228 g/mol. The van der Waals surface area contributed by atoms with Gasteiger partial charge in [0.2, 0.25) is 0 Å². The van der Waals surface area contributed by atoms with Crippen LogP contribution in [0.15, 0.2) is 35.4 Å². The third-order valence-electron chi connectivity index (χ3n) is 3.39. The number of carboxylic acid groups (broad SMARTS) is 1. The number of aliphatic carboxylic acids is 1. The minimum absolute atomic E-state index is 0.120. The van der Waals surface area contributed by atoms with Gasteiger partial charge in [-0.1, -0.05) is 24.3 Å². The molecule has 1 N–H and O–H groups in total. The molecule has 0 aliphatic heterocycles. The zero-order valence-electron chi connectivity index (χ0n) is 10.4. The van der Waals surface area contributed by atoms with Crippen LogP contribution in [0.1, 0.15) is 41.6 Å². The van der Waals surface area contributed by atoms with Gasteiger partial charge in [0.1, 0.15) is 0 Å². The van der Waals surface area contributed by atoms with Crippen LogP contribution in [0.25, 0.3) is 0 Å². The number of carbonyl (C=O) groups excluding carboxylic acids is 1. The predicted octanol–water partition coefficient (Wildman–Crippen LogP) is 3.13. The first-order valence-electron chi connectivity index (χ1n) is 6.17. The van der Waals surface area contributed by atoms with E-state index in [9.17, 15) is 9.59 Å². The van der Waals surface area contributed by atoms with E-state index in [0.717, 1.165) is 18.4 Å². The molecule has 0 heterocycles. The van der Waals surface area contributed by atoms with E-state index in [4.69, 9.17) is 5.11 Å². The van der Waals surface area contributed by atoms with Crippen LogP contribution in [0.2, 0.25) is 0 Å². The van der Waals surface area contributed by atoms with Gasteiger partial charge in [0.05, 0.1) is 0 Å². The van der Waals surface area contributed by atoms with Gasteiger partial charge in [0.25, 0.3) is 0 Å². The predicted molar refractivity (Wildman–Crippen MR) is 68.6 cm³/mol. The number of carbonyl (C=O) groups is 2. The van der Waals surface area contributed by atoms with Crippen LogP contribution in [-0.2, 0) is 4.79 Å². The van der Waals surface area contributed by atoms with E-state index >= 15 is 0 Å². The molecule has 18 heavy (non-hydrogen) atoms. The number of carboxylic acids is 1. The van der Waals surface area contributed by atoms with Crippen LogP contribution < -0.4 is 0 Å². The Morgan fingerprint density at radius 2 is 1.67 bits per heavy atom. The van der Waals surface area contributed by atoms with Gasteiger partial charge in [-0.3, -0.25) is 4.79 Å². The molecule has 0 saturated carbocycles. The van der Waals surface area contributed by atoms with E-state index in [1.165, 1.54) is 0 Å². The summed E-state index contributed by atoms with van der Waals surface area (Å²) in [5, 5.41) is 9.16. The molecule has 0 fully saturated rings. The summed E-state index contributed by atoms with van der Waals surface area (Å²) in [4.78, 5) is 23.6. The summed E-state index contributed by atoms with van der Waals surface area (Å²) in [6.45, 7) is 1.87. The summed E-state index contributed by atoms with van der Waals surface area (Å²) in [7, 11) is 0. The Morgan fingerprint density at radius 3 is 2.28 bits per heavy atom. The number of allylic oxidation sites excluding steroid dienone is 1. The molecular formula is C15H16O3. The number of rotatable bonds is 3. The Balaban J connectivity index is 2.44. The van der Waals surface area contributed by atoms with E-state index in [2.05, 4.69) is 0 Å². The van der Waals surface area contributed by atoms with E-state index in [0.29, 0.717) is 29.6 Å². The fourth-order valence-corrected chi connectivity index (χ4v) is 2.38. The van der Waals surface area contributed by atoms with Gasteiger partial charge in [-0.25, -0.2) is 4.79 Å². The Bertz CT molecular complexity index is 526. The first-order chi connectivity index (χ1) is 8.61. The molecule has 3 heteroatoms. The van der Waals surface area contributed by atoms with E-state index in [1.54, 1.807) is 6.07 Å². The summed E-state index contributed by atoms with van der Waals surface area (Å²) < 4.78 is 0. The van der Waals surface area contributed by atoms with Gasteiger partial charge in [-0.05, 0) is 38.2 Å². The molecule has 0 radical (unpaired) electrons. The van der Waals surface area contributed by atoms with Gasteiger partial charge < -0.3 is 5.11 Å². The number of hydrogen-bond acceptors (Lipinski definition) is 2. The van der Waals surface area contributed by atoms with Crippen LogP contribution >= 0.6 is 0 Å². The van der Waals surface area contributed by atoms with Gasteiger partial charge >= 0.3 is 5.97 Å². The van der Waals surface area contributed by atoms with Crippen molar-refractivity contribution in [1.82, 2.24) is 0 Å². The van der Waals surface area contributed by atoms with Crippen LogP contribution in [0, 0.1) is 6.92 Å². The maximum absolute atomic E-state index is 12.4. The number of aryl methyl sites for hydroxylation is 1. The minimum Gasteiger partial charge on any atom is -0.478 e. The van der Waals surface area contributed by atoms with Gasteiger partial charge in [0.15, 0.2) is 5.78 Å². The summed E-state index contributed by atoms with van der Waals surface area (Å²) >= 11 is 0. The highest BCUT2D eigenvalue weighted by atomic mass is 16.4. The molecule has 0 atom stereocenters. The maximum Gasteiger partial charge on any atom is 0.331 e. The monoisotopic (exact) mass is 244 g/mol. The Hall–Kier alpha value is -1.90. The molecule has 0 unspecified atom stereocenters. The lowest BCUT2D eigenvalue weighted by atomic mass is 9.86. The zero-order chi connectivity index (χ0) is 13.1. The molecule has 94 valence electrons. The Kier molecular flexibility index (Phi) is 3.60. The van der Waals surface area contributed by atoms with Crippen molar-refractivity contribution in [3.63, 3.8) is 0 Å². The summed E-state index contributed by atoms with van der Waals surface area (Å²) in [6.07, 6.45) is 2.83. The fraction of sp³-hybridized carbons (Fsp3) is 0.333. The number of benzene rings is 1. The molecule has 0 saturated heterocycles. The zero-order valence-corrected chi connectivity index (χ0v) is 10.4. The van der Waals surface area contributed by atoms with Gasteiger partial charge in [-0.15, -0.1) is 0 Å². The van der Waals surface area contributed by atoms with Crippen LogP contribution in [0.3, 0.4) is 0 Å². The van der Waals surface area contributed by atoms with E-state index in [1.807, 2.05) is 25.1 Å². The number of Topliss-reactive ketones (excluding diaryl/α,β-unsaturated/α-hetero) is 1. The molecule has 3 nitrogen and oxygen atoms in total. The molecule has 2 rings (SSSR count). The van der Waals surface area contributed by atoms with Crippen molar-refractivity contribution in [2.45, 2.75) is 32.6 Å². The summed E-state index contributed by atoms with van der Waals surface area (Å²) in [5.41, 5.74) is 2.30. The van der Waals surface area contributed by atoms with Crippen molar-refractivity contribution in [2.24, 2.45) is 0 Å². The first kappa shape index (κ1) is 12.6. The highest BCUT2D eigenvalue weighted by molar-refractivity contribution is 6.13. The Labute approximate surface area is 106 Å². The fourth-order valence-electron chi connectivity index (χ4n) is 2.38. The summed E-state index contributed by atoms with van der Waals surface area (Å²) in [6, 6.07) is 7.32. The van der Waals surface area contributed by atoms with Crippen molar-refractivity contribution >= 4 is 11.8 Å². The smallest absolute Gasteiger partial charge is 0.331 e. The van der Waals surface area contributed by atoms with Crippen molar-refractivity contribution in [3.05, 3.63) is 46.5 Å². The molecule has 1 aliphatic rings. The quantitative estimate of drug-likeness (QED) is 0.831. The molecule has 0 spiro atoms. The van der Waals surface area contributed by atoms with E-state index < -0.39 is 5.97 Å². The summed E-state index contributed by atoms with van der Waals surface area (Å²) in [5.74, 6) is -1.07. The molecule has 1 aromatic carbocycles. The van der Waals surface area contributed by atoms with Crippen molar-refractivity contribution in [1.29, 1.82) is 0 Å². The molecule has 0 bridgehead atoms. The highest BCUT2D eigenvalue weighted by Crippen LogP contribution is 2.28. The van der Waals surface area contributed by atoms with Gasteiger partial charge in [-0.2, -0.15) is 0 Å². The number of hydrogen-bond donors (Lipinski definition) is 1. The second kappa shape index (κ2) is 5.17. The molecule has 0 aromatic heterocycles. The van der Waals surface area contributed by atoms with Gasteiger partial charge in [0, 0.05) is 16.7 Å². The van der Waals surface area contributed by atoms with Crippen LogP contribution in [0.4, 0.5) is 0 Å². The lowest BCUT2D eigenvalue weighted by Crippen LogP contribution is -2.16. The maximum atomic E-state index is 12.4. The lowest BCUT2D eigenvalue weighted by molar-refractivity contribution is -0.133. The standard InChI is InChI=1S/C15H16O3/c1-10-6-2-3-7-11(10)14(16)12-8-4-5-9-13(12)15(17)18/h2-3,6-7H,4-5,8-9H2,1H3,(H,17,18). The van der Waals surface area contributed by atoms with Crippen molar-refractivity contribution < 1.29 is 14.7 Å². The highest BCUT2D eigenvalue weighted by Gasteiger charge is 2.24. The number of ketones is 1. The third kappa shape index (κ3) is 2.35. The normalized spacial score (nSPS) is 15.6. The van der Waals surface area contributed by atoms with Crippen LogP contribution in [0.5, 0.6) is 0 Å².